The summed E-state index contributed by atoms with van der Waals surface area (Å²) in [6.45, 7) is 11.3. The standard InChI is InChI=1S/C26H32O4/c1-6-7-23(15-26(27)28)21-10-12-24(13-11-21)29-16-19(4)17-30-25-14-22(18(2)3)9-8-20(25)5/h8-14,18-19,23H,15-17H2,1-5H3,(H,27,28). The second kappa shape index (κ2) is 11.3. The van der Waals surface area contributed by atoms with Crippen LogP contribution in [0.4, 0.5) is 0 Å². The number of aryl methyl sites for hydroxylation is 1. The molecule has 0 fully saturated rings. The topological polar surface area (TPSA) is 55.8 Å². The molecule has 2 aromatic rings. The van der Waals surface area contributed by atoms with Crippen LogP contribution in [0.5, 0.6) is 11.5 Å². The van der Waals surface area contributed by atoms with Gasteiger partial charge < -0.3 is 14.6 Å². The summed E-state index contributed by atoms with van der Waals surface area (Å²) in [6.07, 6.45) is -0.00710. The van der Waals surface area contributed by atoms with Crippen molar-refractivity contribution in [1.82, 2.24) is 0 Å². The molecule has 0 aliphatic carbocycles. The highest BCUT2D eigenvalue weighted by atomic mass is 16.5. The summed E-state index contributed by atoms with van der Waals surface area (Å²) < 4.78 is 11.9. The molecule has 0 aromatic heterocycles. The molecule has 2 aromatic carbocycles. The molecular weight excluding hydrogens is 376 g/mol. The smallest absolute Gasteiger partial charge is 0.304 e. The van der Waals surface area contributed by atoms with Gasteiger partial charge in [-0.05, 0) is 54.7 Å². The Labute approximate surface area is 180 Å². The maximum absolute atomic E-state index is 11.0. The van der Waals surface area contributed by atoms with E-state index < -0.39 is 5.97 Å². The van der Waals surface area contributed by atoms with Crippen molar-refractivity contribution in [2.45, 2.75) is 52.9 Å². The van der Waals surface area contributed by atoms with E-state index in [0.717, 1.165) is 22.6 Å². The first-order valence-corrected chi connectivity index (χ1v) is 10.4. The van der Waals surface area contributed by atoms with Gasteiger partial charge in [-0.15, -0.1) is 5.92 Å². The first-order valence-electron chi connectivity index (χ1n) is 10.4. The number of carboxylic acids is 1. The summed E-state index contributed by atoms with van der Waals surface area (Å²) in [6, 6.07) is 13.9. The largest absolute Gasteiger partial charge is 0.493 e. The number of carboxylic acid groups (broad SMARTS) is 1. The monoisotopic (exact) mass is 408 g/mol. The van der Waals surface area contributed by atoms with Crippen molar-refractivity contribution in [2.24, 2.45) is 5.92 Å². The van der Waals surface area contributed by atoms with Gasteiger partial charge in [0.2, 0.25) is 0 Å². The molecule has 2 rings (SSSR count). The molecule has 0 aliphatic rings. The number of benzene rings is 2. The molecule has 4 heteroatoms. The third kappa shape index (κ3) is 7.15. The third-order valence-electron chi connectivity index (χ3n) is 4.92. The Kier molecular flexibility index (Phi) is 8.80. The second-order valence-corrected chi connectivity index (χ2v) is 8.02. The van der Waals surface area contributed by atoms with Crippen LogP contribution in [0.2, 0.25) is 0 Å². The van der Waals surface area contributed by atoms with Gasteiger partial charge in [0.15, 0.2) is 0 Å². The molecule has 0 saturated carbocycles. The Bertz CT molecular complexity index is 887. The first-order chi connectivity index (χ1) is 14.3. The minimum atomic E-state index is -0.855. The van der Waals surface area contributed by atoms with Gasteiger partial charge in [0, 0.05) is 5.92 Å². The Morgan fingerprint density at radius 1 is 1.00 bits per heavy atom. The van der Waals surface area contributed by atoms with E-state index >= 15 is 0 Å². The van der Waals surface area contributed by atoms with E-state index in [1.165, 1.54) is 5.56 Å². The third-order valence-corrected chi connectivity index (χ3v) is 4.92. The van der Waals surface area contributed by atoms with E-state index in [0.29, 0.717) is 19.1 Å². The van der Waals surface area contributed by atoms with Gasteiger partial charge in [0.25, 0.3) is 0 Å². The lowest BCUT2D eigenvalue weighted by Crippen LogP contribution is -2.17. The summed E-state index contributed by atoms with van der Waals surface area (Å²) >= 11 is 0. The van der Waals surface area contributed by atoms with Gasteiger partial charge in [-0.1, -0.05) is 51.0 Å². The average molecular weight is 409 g/mol. The van der Waals surface area contributed by atoms with Gasteiger partial charge in [-0.25, -0.2) is 0 Å². The maximum atomic E-state index is 11.0. The van der Waals surface area contributed by atoms with Crippen molar-refractivity contribution in [1.29, 1.82) is 0 Å². The highest BCUT2D eigenvalue weighted by Crippen LogP contribution is 2.25. The molecule has 0 amide bonds. The van der Waals surface area contributed by atoms with Crippen molar-refractivity contribution < 1.29 is 19.4 Å². The number of ether oxygens (including phenoxy) is 2. The number of carbonyl (C=O) groups is 1. The molecule has 0 heterocycles. The lowest BCUT2D eigenvalue weighted by atomic mass is 9.96. The van der Waals surface area contributed by atoms with Crippen molar-refractivity contribution in [3.63, 3.8) is 0 Å². The normalized spacial score (nSPS) is 12.6. The van der Waals surface area contributed by atoms with E-state index in [4.69, 9.17) is 14.6 Å². The van der Waals surface area contributed by atoms with E-state index in [1.54, 1.807) is 6.92 Å². The van der Waals surface area contributed by atoms with Crippen molar-refractivity contribution in [3.05, 3.63) is 59.2 Å². The van der Waals surface area contributed by atoms with Crippen LogP contribution in [-0.2, 0) is 4.79 Å². The molecule has 30 heavy (non-hydrogen) atoms. The second-order valence-electron chi connectivity index (χ2n) is 8.02. The minimum absolute atomic E-state index is 0.00710. The minimum Gasteiger partial charge on any atom is -0.493 e. The Balaban J connectivity index is 1.89. The quantitative estimate of drug-likeness (QED) is 0.505. The zero-order valence-electron chi connectivity index (χ0n) is 18.6. The summed E-state index contributed by atoms with van der Waals surface area (Å²) in [5.74, 6) is 6.98. The van der Waals surface area contributed by atoms with Gasteiger partial charge in [-0.3, -0.25) is 4.79 Å². The lowest BCUT2D eigenvalue weighted by molar-refractivity contribution is -0.137. The number of aliphatic carboxylic acids is 1. The van der Waals surface area contributed by atoms with E-state index in [1.807, 2.05) is 24.3 Å². The molecule has 0 radical (unpaired) electrons. The Hall–Kier alpha value is -2.93. The predicted octanol–water partition coefficient (Wildman–Crippen LogP) is 5.79. The van der Waals surface area contributed by atoms with Crippen LogP contribution in [0.1, 0.15) is 62.6 Å². The van der Waals surface area contributed by atoms with Crippen molar-refractivity contribution in [2.75, 3.05) is 13.2 Å². The molecule has 0 spiro atoms. The Morgan fingerprint density at radius 2 is 1.63 bits per heavy atom. The van der Waals surface area contributed by atoms with Gasteiger partial charge >= 0.3 is 5.97 Å². The highest BCUT2D eigenvalue weighted by Gasteiger charge is 2.13. The first kappa shape index (κ1) is 23.3. The molecule has 2 atom stereocenters. The van der Waals surface area contributed by atoms with Crippen LogP contribution in [0.15, 0.2) is 42.5 Å². The molecule has 0 bridgehead atoms. The molecule has 1 N–H and O–H groups in total. The Morgan fingerprint density at radius 3 is 2.23 bits per heavy atom. The molecule has 160 valence electrons. The lowest BCUT2D eigenvalue weighted by Gasteiger charge is -2.17. The van der Waals surface area contributed by atoms with Crippen LogP contribution in [0.3, 0.4) is 0 Å². The van der Waals surface area contributed by atoms with Crippen LogP contribution in [0.25, 0.3) is 0 Å². The summed E-state index contributed by atoms with van der Waals surface area (Å²) in [5.41, 5.74) is 3.29. The van der Waals surface area contributed by atoms with Crippen LogP contribution >= 0.6 is 0 Å². The molecular formula is C26H32O4. The fourth-order valence-corrected chi connectivity index (χ4v) is 3.05. The van der Waals surface area contributed by atoms with Crippen LogP contribution < -0.4 is 9.47 Å². The van der Waals surface area contributed by atoms with Crippen LogP contribution in [0, 0.1) is 24.7 Å². The van der Waals surface area contributed by atoms with Crippen LogP contribution in [-0.4, -0.2) is 24.3 Å². The van der Waals surface area contributed by atoms with E-state index in [9.17, 15) is 4.79 Å². The van der Waals surface area contributed by atoms with Gasteiger partial charge in [-0.2, -0.15) is 0 Å². The fraction of sp³-hybridized carbons (Fsp3) is 0.423. The predicted molar refractivity (Wildman–Crippen MR) is 120 cm³/mol. The fourth-order valence-electron chi connectivity index (χ4n) is 3.05. The molecule has 0 saturated heterocycles. The molecule has 2 unspecified atom stereocenters. The zero-order chi connectivity index (χ0) is 22.1. The number of hydrogen-bond acceptors (Lipinski definition) is 3. The average Bonchev–Trinajstić information content (AvgIpc) is 2.71. The zero-order valence-corrected chi connectivity index (χ0v) is 18.6. The summed E-state index contributed by atoms with van der Waals surface area (Å²) in [7, 11) is 0. The van der Waals surface area contributed by atoms with E-state index in [-0.39, 0.29) is 18.3 Å². The number of hydrogen-bond donors (Lipinski definition) is 1. The summed E-state index contributed by atoms with van der Waals surface area (Å²) in [4.78, 5) is 11.0. The summed E-state index contributed by atoms with van der Waals surface area (Å²) in [5, 5.41) is 9.06. The molecule has 0 aliphatic heterocycles. The maximum Gasteiger partial charge on any atom is 0.304 e. The SMILES string of the molecule is CC#CC(CC(=O)O)c1ccc(OCC(C)COc2cc(C(C)C)ccc2C)cc1. The van der Waals surface area contributed by atoms with E-state index in [2.05, 4.69) is 57.7 Å². The number of rotatable bonds is 10. The van der Waals surface area contributed by atoms with Gasteiger partial charge in [0.05, 0.1) is 25.6 Å². The highest BCUT2D eigenvalue weighted by molar-refractivity contribution is 5.69. The van der Waals surface area contributed by atoms with Crippen molar-refractivity contribution in [3.8, 4) is 23.3 Å². The van der Waals surface area contributed by atoms with Gasteiger partial charge in [0.1, 0.15) is 11.5 Å². The molecule has 4 nitrogen and oxygen atoms in total. The van der Waals surface area contributed by atoms with Crippen molar-refractivity contribution >= 4 is 5.97 Å².